The van der Waals surface area contributed by atoms with E-state index in [1.54, 1.807) is 6.92 Å². The van der Waals surface area contributed by atoms with E-state index in [1.807, 2.05) is 36.4 Å². The lowest BCUT2D eigenvalue weighted by Crippen LogP contribution is -2.30. The number of hydrogen-bond donors (Lipinski definition) is 1. The Balaban J connectivity index is 1.78. The van der Waals surface area contributed by atoms with Gasteiger partial charge in [-0.15, -0.1) is 0 Å². The van der Waals surface area contributed by atoms with Crippen molar-refractivity contribution in [3.63, 3.8) is 0 Å². The standard InChI is InChI=1S/C25H25N3O/c1-18-12-14-21(15-13-18)17-28-24-11-7-6-10-22(24)27-25(28)23(26-19(2)29)16-20-8-4-3-5-9-20/h3-15,23H,16-17H2,1-2H3,(H,26,29). The second kappa shape index (κ2) is 8.31. The van der Waals surface area contributed by atoms with Crippen molar-refractivity contribution in [3.05, 3.63) is 101 Å². The van der Waals surface area contributed by atoms with E-state index >= 15 is 0 Å². The fourth-order valence-corrected chi connectivity index (χ4v) is 3.70. The number of rotatable bonds is 6. The predicted molar refractivity (Wildman–Crippen MR) is 117 cm³/mol. The van der Waals surface area contributed by atoms with Crippen LogP contribution in [0.5, 0.6) is 0 Å². The van der Waals surface area contributed by atoms with Gasteiger partial charge in [-0.2, -0.15) is 0 Å². The van der Waals surface area contributed by atoms with Gasteiger partial charge in [0.05, 0.1) is 17.1 Å². The molecule has 0 spiro atoms. The van der Waals surface area contributed by atoms with Crippen LogP contribution >= 0.6 is 0 Å². The molecule has 1 amide bonds. The number of fused-ring (bicyclic) bond motifs is 1. The van der Waals surface area contributed by atoms with Gasteiger partial charge in [-0.1, -0.05) is 72.3 Å². The second-order valence-corrected chi connectivity index (χ2v) is 7.47. The summed E-state index contributed by atoms with van der Waals surface area (Å²) in [5.41, 5.74) is 5.63. The Bertz CT molecular complexity index is 1110. The van der Waals surface area contributed by atoms with Crippen molar-refractivity contribution in [1.82, 2.24) is 14.9 Å². The molecule has 4 nitrogen and oxygen atoms in total. The summed E-state index contributed by atoms with van der Waals surface area (Å²) >= 11 is 0. The van der Waals surface area contributed by atoms with Gasteiger partial charge < -0.3 is 9.88 Å². The lowest BCUT2D eigenvalue weighted by atomic mass is 10.0. The summed E-state index contributed by atoms with van der Waals surface area (Å²) in [6.07, 6.45) is 0.692. The van der Waals surface area contributed by atoms with Gasteiger partial charge in [0.15, 0.2) is 0 Å². The van der Waals surface area contributed by atoms with Crippen molar-refractivity contribution in [3.8, 4) is 0 Å². The molecule has 4 aromatic rings. The number of amides is 1. The number of carbonyl (C=O) groups excluding carboxylic acids is 1. The summed E-state index contributed by atoms with van der Waals surface area (Å²) in [6, 6.07) is 26.7. The third-order valence-electron chi connectivity index (χ3n) is 5.12. The number of nitrogens with one attached hydrogen (secondary N) is 1. The average Bonchev–Trinajstić information content (AvgIpc) is 3.08. The van der Waals surface area contributed by atoms with Crippen LogP contribution in [0.15, 0.2) is 78.9 Å². The van der Waals surface area contributed by atoms with Crippen LogP contribution in [0.4, 0.5) is 0 Å². The summed E-state index contributed by atoms with van der Waals surface area (Å²) in [5.74, 6) is 0.825. The van der Waals surface area contributed by atoms with Gasteiger partial charge in [-0.25, -0.2) is 4.98 Å². The van der Waals surface area contributed by atoms with Crippen molar-refractivity contribution >= 4 is 16.9 Å². The topological polar surface area (TPSA) is 46.9 Å². The quantitative estimate of drug-likeness (QED) is 0.519. The first-order valence-electron chi connectivity index (χ1n) is 9.92. The molecule has 3 aromatic carbocycles. The molecule has 0 saturated heterocycles. The van der Waals surface area contributed by atoms with Gasteiger partial charge in [0.1, 0.15) is 5.82 Å². The number of hydrogen-bond acceptors (Lipinski definition) is 2. The van der Waals surface area contributed by atoms with Crippen molar-refractivity contribution < 1.29 is 4.79 Å². The predicted octanol–water partition coefficient (Wildman–Crippen LogP) is 4.81. The molecule has 0 bridgehead atoms. The Labute approximate surface area is 171 Å². The maximum Gasteiger partial charge on any atom is 0.217 e. The Morgan fingerprint density at radius 1 is 0.931 bits per heavy atom. The Morgan fingerprint density at radius 2 is 1.62 bits per heavy atom. The highest BCUT2D eigenvalue weighted by atomic mass is 16.1. The number of aryl methyl sites for hydroxylation is 1. The molecule has 146 valence electrons. The van der Waals surface area contributed by atoms with Crippen LogP contribution in [-0.2, 0) is 17.8 Å². The van der Waals surface area contributed by atoms with Crippen LogP contribution < -0.4 is 5.32 Å². The van der Waals surface area contributed by atoms with Crippen molar-refractivity contribution in [1.29, 1.82) is 0 Å². The minimum absolute atomic E-state index is 0.0557. The number of nitrogens with zero attached hydrogens (tertiary/aromatic N) is 2. The molecule has 1 heterocycles. The summed E-state index contributed by atoms with van der Waals surface area (Å²) in [7, 11) is 0. The highest BCUT2D eigenvalue weighted by Crippen LogP contribution is 2.25. The fourth-order valence-electron chi connectivity index (χ4n) is 3.70. The Hall–Kier alpha value is -3.40. The molecule has 29 heavy (non-hydrogen) atoms. The van der Waals surface area contributed by atoms with Crippen LogP contribution in [0, 0.1) is 6.92 Å². The molecule has 0 saturated carbocycles. The molecular weight excluding hydrogens is 358 g/mol. The van der Waals surface area contributed by atoms with E-state index in [0.29, 0.717) is 13.0 Å². The van der Waals surface area contributed by atoms with Crippen molar-refractivity contribution in [2.24, 2.45) is 0 Å². The van der Waals surface area contributed by atoms with E-state index in [1.165, 1.54) is 16.7 Å². The molecule has 4 heteroatoms. The number of para-hydroxylation sites is 2. The van der Waals surface area contributed by atoms with Crippen LogP contribution in [0.2, 0.25) is 0 Å². The van der Waals surface area contributed by atoms with Gasteiger partial charge in [0.2, 0.25) is 5.91 Å². The molecule has 0 aliphatic heterocycles. The number of benzene rings is 3. The largest absolute Gasteiger partial charge is 0.346 e. The molecule has 0 aliphatic rings. The van der Waals surface area contributed by atoms with Gasteiger partial charge in [0, 0.05) is 13.5 Å². The first-order chi connectivity index (χ1) is 14.1. The van der Waals surface area contributed by atoms with Gasteiger partial charge >= 0.3 is 0 Å². The maximum atomic E-state index is 12.0. The second-order valence-electron chi connectivity index (χ2n) is 7.47. The van der Waals surface area contributed by atoms with Crippen molar-refractivity contribution in [2.75, 3.05) is 0 Å². The van der Waals surface area contributed by atoms with Gasteiger partial charge in [0.25, 0.3) is 0 Å². The van der Waals surface area contributed by atoms with Gasteiger partial charge in [-0.05, 0) is 36.6 Å². The summed E-state index contributed by atoms with van der Waals surface area (Å²) in [6.45, 7) is 4.36. The van der Waals surface area contributed by atoms with Crippen molar-refractivity contribution in [2.45, 2.75) is 32.9 Å². The molecule has 0 aliphatic carbocycles. The molecule has 1 N–H and O–H groups in total. The zero-order valence-electron chi connectivity index (χ0n) is 16.8. The molecule has 0 radical (unpaired) electrons. The Kier molecular flexibility index (Phi) is 5.43. The minimum Gasteiger partial charge on any atom is -0.346 e. The molecular formula is C25H25N3O. The average molecular weight is 383 g/mol. The van der Waals surface area contributed by atoms with E-state index in [4.69, 9.17) is 4.98 Å². The lowest BCUT2D eigenvalue weighted by Gasteiger charge is -2.20. The zero-order chi connectivity index (χ0) is 20.2. The molecule has 4 rings (SSSR count). The maximum absolute atomic E-state index is 12.0. The van der Waals surface area contributed by atoms with Crippen LogP contribution in [-0.4, -0.2) is 15.5 Å². The van der Waals surface area contributed by atoms with E-state index in [9.17, 15) is 4.79 Å². The first kappa shape index (κ1) is 18.9. The zero-order valence-corrected chi connectivity index (χ0v) is 16.8. The number of imidazole rings is 1. The van der Waals surface area contributed by atoms with E-state index in [-0.39, 0.29) is 11.9 Å². The summed E-state index contributed by atoms with van der Waals surface area (Å²) in [5, 5.41) is 3.12. The third-order valence-corrected chi connectivity index (χ3v) is 5.12. The number of aromatic nitrogens is 2. The van der Waals surface area contributed by atoms with Crippen LogP contribution in [0.1, 0.15) is 35.5 Å². The highest BCUT2D eigenvalue weighted by Gasteiger charge is 2.22. The molecule has 1 unspecified atom stereocenters. The van der Waals surface area contributed by atoms with E-state index in [0.717, 1.165) is 16.9 Å². The summed E-state index contributed by atoms with van der Waals surface area (Å²) < 4.78 is 2.23. The normalized spacial score (nSPS) is 12.1. The SMILES string of the molecule is CC(=O)NC(Cc1ccccc1)c1nc2ccccc2n1Cc1ccc(C)cc1. The minimum atomic E-state index is -0.201. The highest BCUT2D eigenvalue weighted by molar-refractivity contribution is 5.77. The van der Waals surface area contributed by atoms with Crippen LogP contribution in [0.3, 0.4) is 0 Å². The third kappa shape index (κ3) is 4.37. The first-order valence-corrected chi connectivity index (χ1v) is 9.92. The molecule has 1 aromatic heterocycles. The summed E-state index contributed by atoms with van der Waals surface area (Å²) in [4.78, 5) is 16.9. The van der Waals surface area contributed by atoms with E-state index in [2.05, 4.69) is 59.3 Å². The number of carbonyl (C=O) groups is 1. The molecule has 0 fully saturated rings. The Morgan fingerprint density at radius 3 is 2.34 bits per heavy atom. The monoisotopic (exact) mass is 383 g/mol. The smallest absolute Gasteiger partial charge is 0.217 e. The van der Waals surface area contributed by atoms with Crippen LogP contribution in [0.25, 0.3) is 11.0 Å². The fraction of sp³-hybridized carbons (Fsp3) is 0.200. The lowest BCUT2D eigenvalue weighted by molar-refractivity contribution is -0.119. The van der Waals surface area contributed by atoms with E-state index < -0.39 is 0 Å². The van der Waals surface area contributed by atoms with Gasteiger partial charge in [-0.3, -0.25) is 4.79 Å². The molecule has 1 atom stereocenters.